The SMILES string of the molecule is O=C(O)c1ccnnc1-n1nc([N+](=O)[O-])nc1Br. The van der Waals surface area contributed by atoms with Gasteiger partial charge in [-0.1, -0.05) is 0 Å². The average molecular weight is 315 g/mol. The number of aromatic carboxylic acids is 1. The van der Waals surface area contributed by atoms with E-state index in [1.807, 2.05) is 0 Å². The van der Waals surface area contributed by atoms with Crippen LogP contribution in [0.5, 0.6) is 0 Å². The maximum Gasteiger partial charge on any atom is 0.492 e. The minimum Gasteiger partial charge on any atom is -0.478 e. The van der Waals surface area contributed by atoms with Crippen LogP contribution < -0.4 is 0 Å². The molecular formula is C7H3BrN6O4. The van der Waals surface area contributed by atoms with Crippen LogP contribution >= 0.6 is 15.9 Å². The molecule has 0 atom stereocenters. The van der Waals surface area contributed by atoms with Crippen molar-refractivity contribution in [1.29, 1.82) is 0 Å². The molecule has 2 rings (SSSR count). The van der Waals surface area contributed by atoms with Crippen LogP contribution in [0, 0.1) is 10.1 Å². The summed E-state index contributed by atoms with van der Waals surface area (Å²) in [6, 6.07) is 1.20. The van der Waals surface area contributed by atoms with Crippen LogP contribution in [0.3, 0.4) is 0 Å². The van der Waals surface area contributed by atoms with E-state index in [0.29, 0.717) is 0 Å². The number of carbonyl (C=O) groups is 1. The molecule has 2 heterocycles. The van der Waals surface area contributed by atoms with Crippen molar-refractivity contribution in [1.82, 2.24) is 25.0 Å². The first kappa shape index (κ1) is 12.0. The zero-order chi connectivity index (χ0) is 13.3. The van der Waals surface area contributed by atoms with Gasteiger partial charge in [0.2, 0.25) is 5.82 Å². The molecule has 0 bridgehead atoms. The van der Waals surface area contributed by atoms with Gasteiger partial charge in [0.05, 0.1) is 6.20 Å². The lowest BCUT2D eigenvalue weighted by Gasteiger charge is -1.99. The Bertz CT molecular complexity index is 641. The molecule has 10 nitrogen and oxygen atoms in total. The molecule has 0 aliphatic heterocycles. The number of nitro groups is 1. The third-order valence-corrected chi connectivity index (χ3v) is 2.37. The third-order valence-electron chi connectivity index (χ3n) is 1.85. The molecule has 1 N–H and O–H groups in total. The van der Waals surface area contributed by atoms with E-state index in [9.17, 15) is 14.9 Å². The summed E-state index contributed by atoms with van der Waals surface area (Å²) >= 11 is 2.93. The summed E-state index contributed by atoms with van der Waals surface area (Å²) in [6.45, 7) is 0. The summed E-state index contributed by atoms with van der Waals surface area (Å²) < 4.78 is 0.839. The smallest absolute Gasteiger partial charge is 0.478 e. The van der Waals surface area contributed by atoms with Crippen molar-refractivity contribution in [3.05, 3.63) is 32.7 Å². The normalized spacial score (nSPS) is 10.3. The Labute approximate surface area is 107 Å². The Morgan fingerprint density at radius 3 is 2.83 bits per heavy atom. The molecule has 18 heavy (non-hydrogen) atoms. The number of hydrogen-bond donors (Lipinski definition) is 1. The molecule has 0 aromatic carbocycles. The molecule has 0 saturated heterocycles. The number of carboxylic acid groups (broad SMARTS) is 1. The summed E-state index contributed by atoms with van der Waals surface area (Å²) in [4.78, 5) is 24.2. The Kier molecular flexibility index (Phi) is 2.97. The van der Waals surface area contributed by atoms with Crippen LogP contribution in [0.1, 0.15) is 10.4 Å². The lowest BCUT2D eigenvalue weighted by molar-refractivity contribution is -0.394. The Hall–Kier alpha value is -2.43. The van der Waals surface area contributed by atoms with Crippen LogP contribution in [-0.2, 0) is 0 Å². The van der Waals surface area contributed by atoms with Crippen molar-refractivity contribution in [2.75, 3.05) is 0 Å². The fourth-order valence-corrected chi connectivity index (χ4v) is 1.55. The zero-order valence-corrected chi connectivity index (χ0v) is 9.97. The van der Waals surface area contributed by atoms with Gasteiger partial charge >= 0.3 is 11.9 Å². The van der Waals surface area contributed by atoms with E-state index < -0.39 is 16.8 Å². The largest absolute Gasteiger partial charge is 0.492 e. The van der Waals surface area contributed by atoms with Crippen LogP contribution in [-0.4, -0.2) is 41.0 Å². The summed E-state index contributed by atoms with van der Waals surface area (Å²) in [6.07, 6.45) is 1.19. The van der Waals surface area contributed by atoms with Crippen LogP contribution in [0.4, 0.5) is 5.95 Å². The zero-order valence-electron chi connectivity index (χ0n) is 8.39. The number of carboxylic acids is 1. The lowest BCUT2D eigenvalue weighted by Crippen LogP contribution is -2.10. The van der Waals surface area contributed by atoms with Gasteiger partial charge in [-0.3, -0.25) is 0 Å². The van der Waals surface area contributed by atoms with Gasteiger partial charge in [-0.15, -0.1) is 9.78 Å². The number of hydrogen-bond acceptors (Lipinski definition) is 7. The predicted molar refractivity (Wildman–Crippen MR) is 58.3 cm³/mol. The maximum atomic E-state index is 11.0. The van der Waals surface area contributed by atoms with E-state index in [0.717, 1.165) is 4.68 Å². The molecule has 0 fully saturated rings. The first-order chi connectivity index (χ1) is 8.50. The highest BCUT2D eigenvalue weighted by atomic mass is 79.9. The van der Waals surface area contributed by atoms with Crippen LogP contribution in [0.2, 0.25) is 0 Å². The van der Waals surface area contributed by atoms with E-state index in [1.165, 1.54) is 12.3 Å². The lowest BCUT2D eigenvalue weighted by atomic mass is 10.3. The molecule has 0 aliphatic rings. The van der Waals surface area contributed by atoms with Crippen molar-refractivity contribution in [2.45, 2.75) is 0 Å². The minimum absolute atomic E-state index is 0.0443. The molecular weight excluding hydrogens is 312 g/mol. The van der Waals surface area contributed by atoms with Gasteiger partial charge in [0, 0.05) is 21.0 Å². The third kappa shape index (κ3) is 2.02. The molecule has 0 radical (unpaired) electrons. The standard InChI is InChI=1S/C7H3BrN6O4/c8-6-10-7(14(17)18)12-13(6)4-3(5(15)16)1-2-9-11-4/h1-2H,(H,15,16). The molecule has 11 heteroatoms. The van der Waals surface area contributed by atoms with E-state index in [1.54, 1.807) is 0 Å². The number of halogens is 1. The molecule has 2 aromatic heterocycles. The summed E-state index contributed by atoms with van der Waals surface area (Å²) in [7, 11) is 0. The highest BCUT2D eigenvalue weighted by molar-refractivity contribution is 9.10. The highest BCUT2D eigenvalue weighted by Gasteiger charge is 2.25. The highest BCUT2D eigenvalue weighted by Crippen LogP contribution is 2.18. The summed E-state index contributed by atoms with van der Waals surface area (Å²) in [5, 5.41) is 30.1. The first-order valence-electron chi connectivity index (χ1n) is 4.33. The van der Waals surface area contributed by atoms with Crippen molar-refractivity contribution in [2.24, 2.45) is 0 Å². The van der Waals surface area contributed by atoms with E-state index in [-0.39, 0.29) is 16.1 Å². The molecule has 0 unspecified atom stereocenters. The fraction of sp³-hybridized carbons (Fsp3) is 0. The van der Waals surface area contributed by atoms with Crippen molar-refractivity contribution >= 4 is 27.8 Å². The Morgan fingerprint density at radius 2 is 2.28 bits per heavy atom. The van der Waals surface area contributed by atoms with Crippen molar-refractivity contribution in [3.63, 3.8) is 0 Å². The van der Waals surface area contributed by atoms with E-state index >= 15 is 0 Å². The van der Waals surface area contributed by atoms with E-state index in [2.05, 4.69) is 36.2 Å². The van der Waals surface area contributed by atoms with Gasteiger partial charge in [-0.2, -0.15) is 5.10 Å². The molecule has 2 aromatic rings. The number of aromatic nitrogens is 5. The maximum absolute atomic E-state index is 11.0. The Balaban J connectivity index is 2.62. The van der Waals surface area contributed by atoms with Gasteiger partial charge in [-0.05, 0) is 16.0 Å². The molecule has 0 saturated carbocycles. The van der Waals surface area contributed by atoms with Crippen molar-refractivity contribution in [3.8, 4) is 5.82 Å². The number of nitrogens with zero attached hydrogens (tertiary/aromatic N) is 6. The van der Waals surface area contributed by atoms with Gasteiger partial charge in [0.15, 0.2) is 0 Å². The van der Waals surface area contributed by atoms with Gasteiger partial charge < -0.3 is 15.2 Å². The second kappa shape index (κ2) is 4.44. The second-order valence-corrected chi connectivity index (χ2v) is 3.63. The second-order valence-electron chi connectivity index (χ2n) is 2.92. The average Bonchev–Trinajstić information content (AvgIpc) is 2.71. The van der Waals surface area contributed by atoms with Crippen LogP contribution in [0.25, 0.3) is 5.82 Å². The monoisotopic (exact) mass is 314 g/mol. The molecule has 0 aliphatic carbocycles. The van der Waals surface area contributed by atoms with Gasteiger partial charge in [0.1, 0.15) is 5.56 Å². The number of rotatable bonds is 3. The predicted octanol–water partition coefficient (Wildman–Crippen LogP) is 0.426. The molecule has 0 amide bonds. The molecule has 92 valence electrons. The summed E-state index contributed by atoms with van der Waals surface area (Å²) in [5.41, 5.74) is -0.203. The Morgan fingerprint density at radius 1 is 1.56 bits per heavy atom. The fourth-order valence-electron chi connectivity index (χ4n) is 1.14. The topological polar surface area (TPSA) is 137 Å². The van der Waals surface area contributed by atoms with Crippen LogP contribution in [0.15, 0.2) is 17.0 Å². The van der Waals surface area contributed by atoms with E-state index in [4.69, 9.17) is 5.11 Å². The van der Waals surface area contributed by atoms with Gasteiger partial charge in [0.25, 0.3) is 4.73 Å². The van der Waals surface area contributed by atoms with Crippen molar-refractivity contribution < 1.29 is 14.8 Å². The summed E-state index contributed by atoms with van der Waals surface area (Å²) in [5.74, 6) is -2.11. The molecule has 0 spiro atoms. The first-order valence-corrected chi connectivity index (χ1v) is 5.12. The quantitative estimate of drug-likeness (QED) is 0.635. The minimum atomic E-state index is -1.26. The van der Waals surface area contributed by atoms with Gasteiger partial charge in [-0.25, -0.2) is 4.79 Å².